The van der Waals surface area contributed by atoms with Crippen molar-refractivity contribution in [2.45, 2.75) is 19.4 Å². The molecule has 0 aromatic carbocycles. The molecule has 1 aliphatic rings. The van der Waals surface area contributed by atoms with E-state index >= 15 is 0 Å². The lowest BCUT2D eigenvalue weighted by Gasteiger charge is -2.09. The predicted molar refractivity (Wildman–Crippen MR) is 57.8 cm³/mol. The number of hydrogen-bond acceptors (Lipinski definition) is 3. The molecule has 0 spiro atoms. The lowest BCUT2D eigenvalue weighted by atomic mass is 10.2. The zero-order chi connectivity index (χ0) is 9.97. The van der Waals surface area contributed by atoms with E-state index < -0.39 is 0 Å². The highest BCUT2D eigenvalue weighted by molar-refractivity contribution is 7.12. The molecule has 14 heavy (non-hydrogen) atoms. The molecule has 1 saturated heterocycles. The van der Waals surface area contributed by atoms with E-state index in [0.29, 0.717) is 6.04 Å². The number of carbonyl (C=O) groups excluding carboxylic acids is 1. The fourth-order valence-electron chi connectivity index (χ4n) is 1.58. The van der Waals surface area contributed by atoms with Crippen LogP contribution in [0.25, 0.3) is 0 Å². The smallest absolute Gasteiger partial charge is 0.261 e. The first kappa shape index (κ1) is 9.68. The van der Waals surface area contributed by atoms with Gasteiger partial charge in [-0.05, 0) is 36.9 Å². The summed E-state index contributed by atoms with van der Waals surface area (Å²) in [6, 6.07) is 2.24. The summed E-state index contributed by atoms with van der Waals surface area (Å²) < 4.78 is 0. The minimum absolute atomic E-state index is 0.0665. The Kier molecular flexibility index (Phi) is 2.84. The SMILES string of the molecule is Cc1csc(C(=O)NC2CCNC2)c1. The van der Waals surface area contributed by atoms with Crippen molar-refractivity contribution in [1.82, 2.24) is 10.6 Å². The highest BCUT2D eigenvalue weighted by atomic mass is 32.1. The van der Waals surface area contributed by atoms with Crippen LogP contribution in [-0.4, -0.2) is 25.0 Å². The van der Waals surface area contributed by atoms with Crippen molar-refractivity contribution in [3.63, 3.8) is 0 Å². The molecule has 1 aromatic heterocycles. The maximum atomic E-state index is 11.7. The summed E-state index contributed by atoms with van der Waals surface area (Å²) in [5, 5.41) is 8.24. The van der Waals surface area contributed by atoms with Crippen LogP contribution >= 0.6 is 11.3 Å². The molecule has 2 N–H and O–H groups in total. The van der Waals surface area contributed by atoms with Gasteiger partial charge in [-0.3, -0.25) is 4.79 Å². The molecule has 4 heteroatoms. The van der Waals surface area contributed by atoms with Gasteiger partial charge in [0.15, 0.2) is 0 Å². The van der Waals surface area contributed by atoms with Gasteiger partial charge in [0, 0.05) is 12.6 Å². The monoisotopic (exact) mass is 210 g/mol. The van der Waals surface area contributed by atoms with E-state index in [4.69, 9.17) is 0 Å². The van der Waals surface area contributed by atoms with Gasteiger partial charge in [-0.15, -0.1) is 11.3 Å². The van der Waals surface area contributed by atoms with Gasteiger partial charge in [-0.1, -0.05) is 0 Å². The Labute approximate surface area is 87.5 Å². The van der Waals surface area contributed by atoms with Crippen molar-refractivity contribution >= 4 is 17.2 Å². The topological polar surface area (TPSA) is 41.1 Å². The third-order valence-corrected chi connectivity index (χ3v) is 3.40. The lowest BCUT2D eigenvalue weighted by molar-refractivity contribution is 0.0944. The minimum atomic E-state index is 0.0665. The van der Waals surface area contributed by atoms with E-state index in [1.165, 1.54) is 11.3 Å². The van der Waals surface area contributed by atoms with Crippen LogP contribution < -0.4 is 10.6 Å². The number of aryl methyl sites for hydroxylation is 1. The zero-order valence-electron chi connectivity index (χ0n) is 8.17. The van der Waals surface area contributed by atoms with Crippen LogP contribution in [-0.2, 0) is 0 Å². The molecule has 2 rings (SSSR count). The van der Waals surface area contributed by atoms with E-state index in [-0.39, 0.29) is 5.91 Å². The minimum Gasteiger partial charge on any atom is -0.347 e. The molecule has 0 radical (unpaired) electrons. The largest absolute Gasteiger partial charge is 0.347 e. The van der Waals surface area contributed by atoms with Crippen LogP contribution in [0, 0.1) is 6.92 Å². The van der Waals surface area contributed by atoms with Gasteiger partial charge in [-0.25, -0.2) is 0 Å². The molecular formula is C10H14N2OS. The van der Waals surface area contributed by atoms with Crippen LogP contribution in [0.15, 0.2) is 11.4 Å². The standard InChI is InChI=1S/C10H14N2OS/c1-7-4-9(14-6-7)10(13)12-8-2-3-11-5-8/h4,6,8,11H,2-3,5H2,1H3,(H,12,13). The van der Waals surface area contributed by atoms with E-state index in [1.54, 1.807) is 0 Å². The summed E-state index contributed by atoms with van der Waals surface area (Å²) >= 11 is 1.51. The van der Waals surface area contributed by atoms with Gasteiger partial charge >= 0.3 is 0 Å². The number of carbonyl (C=O) groups is 1. The predicted octanol–water partition coefficient (Wildman–Crippen LogP) is 1.15. The van der Waals surface area contributed by atoms with Gasteiger partial charge in [0.25, 0.3) is 5.91 Å². The molecule has 1 aliphatic heterocycles. The van der Waals surface area contributed by atoms with Gasteiger partial charge in [0.05, 0.1) is 4.88 Å². The molecule has 1 fully saturated rings. The number of hydrogen-bond donors (Lipinski definition) is 2. The van der Waals surface area contributed by atoms with E-state index in [2.05, 4.69) is 10.6 Å². The lowest BCUT2D eigenvalue weighted by Crippen LogP contribution is -2.35. The van der Waals surface area contributed by atoms with Crippen molar-refractivity contribution in [2.24, 2.45) is 0 Å². The average Bonchev–Trinajstić information content (AvgIpc) is 2.75. The molecule has 0 aliphatic carbocycles. The second-order valence-electron chi connectivity index (χ2n) is 3.65. The first-order valence-electron chi connectivity index (χ1n) is 4.82. The van der Waals surface area contributed by atoms with Gasteiger partial charge in [0.1, 0.15) is 0 Å². The number of amides is 1. The Morgan fingerprint density at radius 1 is 1.71 bits per heavy atom. The van der Waals surface area contributed by atoms with Crippen LogP contribution in [0.4, 0.5) is 0 Å². The second-order valence-corrected chi connectivity index (χ2v) is 4.56. The normalized spacial score (nSPS) is 21.1. The van der Waals surface area contributed by atoms with Crippen LogP contribution in [0.2, 0.25) is 0 Å². The van der Waals surface area contributed by atoms with Crippen molar-refractivity contribution in [3.05, 3.63) is 21.9 Å². The molecule has 1 unspecified atom stereocenters. The quantitative estimate of drug-likeness (QED) is 0.769. The van der Waals surface area contributed by atoms with Gasteiger partial charge in [0.2, 0.25) is 0 Å². The Bertz CT molecular complexity index is 329. The Hall–Kier alpha value is -0.870. The number of thiophene rings is 1. The fraction of sp³-hybridized carbons (Fsp3) is 0.500. The molecule has 1 aromatic rings. The summed E-state index contributed by atoms with van der Waals surface area (Å²) in [5.74, 6) is 0.0665. The van der Waals surface area contributed by atoms with Crippen molar-refractivity contribution in [1.29, 1.82) is 0 Å². The Morgan fingerprint density at radius 3 is 3.14 bits per heavy atom. The second kappa shape index (κ2) is 4.11. The van der Waals surface area contributed by atoms with Crippen LogP contribution in [0.3, 0.4) is 0 Å². The summed E-state index contributed by atoms with van der Waals surface area (Å²) in [4.78, 5) is 12.5. The van der Waals surface area contributed by atoms with E-state index in [0.717, 1.165) is 30.0 Å². The van der Waals surface area contributed by atoms with Crippen LogP contribution in [0.5, 0.6) is 0 Å². The number of rotatable bonds is 2. The highest BCUT2D eigenvalue weighted by Gasteiger charge is 2.17. The summed E-state index contributed by atoms with van der Waals surface area (Å²) in [6.45, 7) is 3.91. The summed E-state index contributed by atoms with van der Waals surface area (Å²) in [5.41, 5.74) is 1.16. The highest BCUT2D eigenvalue weighted by Crippen LogP contribution is 2.13. The van der Waals surface area contributed by atoms with Crippen LogP contribution in [0.1, 0.15) is 21.7 Å². The molecule has 0 saturated carbocycles. The molecule has 0 bridgehead atoms. The zero-order valence-corrected chi connectivity index (χ0v) is 8.99. The number of nitrogens with one attached hydrogen (secondary N) is 2. The maximum Gasteiger partial charge on any atom is 0.261 e. The van der Waals surface area contributed by atoms with Crippen molar-refractivity contribution in [2.75, 3.05) is 13.1 Å². The van der Waals surface area contributed by atoms with Gasteiger partial charge in [-0.2, -0.15) is 0 Å². The fourth-order valence-corrected chi connectivity index (χ4v) is 2.39. The van der Waals surface area contributed by atoms with Crippen molar-refractivity contribution < 1.29 is 4.79 Å². The third-order valence-electron chi connectivity index (χ3n) is 2.35. The molecular weight excluding hydrogens is 196 g/mol. The Balaban J connectivity index is 1.95. The molecule has 2 heterocycles. The van der Waals surface area contributed by atoms with Crippen molar-refractivity contribution in [3.8, 4) is 0 Å². The third kappa shape index (κ3) is 2.13. The van der Waals surface area contributed by atoms with E-state index in [9.17, 15) is 4.79 Å². The Morgan fingerprint density at radius 2 is 2.57 bits per heavy atom. The first-order chi connectivity index (χ1) is 6.75. The molecule has 1 amide bonds. The molecule has 76 valence electrons. The van der Waals surface area contributed by atoms with E-state index in [1.807, 2.05) is 18.4 Å². The molecule has 1 atom stereocenters. The average molecular weight is 210 g/mol. The maximum absolute atomic E-state index is 11.7. The first-order valence-corrected chi connectivity index (χ1v) is 5.70. The molecule has 3 nitrogen and oxygen atoms in total. The van der Waals surface area contributed by atoms with Gasteiger partial charge < -0.3 is 10.6 Å². The summed E-state index contributed by atoms with van der Waals surface area (Å²) in [6.07, 6.45) is 1.04. The summed E-state index contributed by atoms with van der Waals surface area (Å²) in [7, 11) is 0.